The standard InChI is InChI=1S/C15H21NO2/c1-4-16(15(17)14-9-11(14)2)10-12-5-7-13(18-3)8-6-12/h5-8,11,14H,4,9-10H2,1-3H3. The zero-order valence-electron chi connectivity index (χ0n) is 11.3. The number of benzene rings is 1. The second kappa shape index (κ2) is 5.42. The van der Waals surface area contributed by atoms with Gasteiger partial charge < -0.3 is 9.64 Å². The summed E-state index contributed by atoms with van der Waals surface area (Å²) >= 11 is 0. The Hall–Kier alpha value is -1.51. The minimum atomic E-state index is 0.267. The van der Waals surface area contributed by atoms with Crippen molar-refractivity contribution in [1.82, 2.24) is 4.90 Å². The number of carbonyl (C=O) groups is 1. The molecule has 0 aromatic heterocycles. The van der Waals surface area contributed by atoms with Gasteiger partial charge in [0, 0.05) is 19.0 Å². The molecular formula is C15H21NO2. The molecule has 98 valence electrons. The molecule has 1 aliphatic carbocycles. The SMILES string of the molecule is CCN(Cc1ccc(OC)cc1)C(=O)C1CC1C. The first kappa shape index (κ1) is 12.9. The molecule has 0 aliphatic heterocycles. The fourth-order valence-electron chi connectivity index (χ4n) is 2.20. The molecule has 2 unspecified atom stereocenters. The molecule has 1 fully saturated rings. The average Bonchev–Trinajstić information content (AvgIpc) is 3.13. The molecular weight excluding hydrogens is 226 g/mol. The van der Waals surface area contributed by atoms with Gasteiger partial charge in [-0.25, -0.2) is 0 Å². The lowest BCUT2D eigenvalue weighted by molar-refractivity contribution is -0.133. The summed E-state index contributed by atoms with van der Waals surface area (Å²) in [4.78, 5) is 14.1. The number of ether oxygens (including phenoxy) is 1. The molecule has 1 aromatic rings. The fraction of sp³-hybridized carbons (Fsp3) is 0.533. The second-order valence-corrected chi connectivity index (χ2v) is 5.02. The summed E-state index contributed by atoms with van der Waals surface area (Å²) in [6.45, 7) is 5.65. The van der Waals surface area contributed by atoms with E-state index in [9.17, 15) is 4.79 Å². The van der Waals surface area contributed by atoms with Crippen molar-refractivity contribution in [2.24, 2.45) is 11.8 Å². The van der Waals surface area contributed by atoms with Crippen LogP contribution < -0.4 is 4.74 Å². The van der Waals surface area contributed by atoms with Crippen LogP contribution in [0.5, 0.6) is 5.75 Å². The Labute approximate surface area is 109 Å². The summed E-state index contributed by atoms with van der Waals surface area (Å²) < 4.78 is 5.13. The van der Waals surface area contributed by atoms with Gasteiger partial charge in [0.05, 0.1) is 7.11 Å². The molecule has 1 saturated carbocycles. The Kier molecular flexibility index (Phi) is 3.90. The molecule has 1 aliphatic rings. The third-order valence-electron chi connectivity index (χ3n) is 3.65. The molecule has 0 N–H and O–H groups in total. The normalized spacial score (nSPS) is 21.5. The van der Waals surface area contributed by atoms with E-state index in [1.807, 2.05) is 36.1 Å². The lowest BCUT2D eigenvalue weighted by Gasteiger charge is -2.21. The van der Waals surface area contributed by atoms with Crippen molar-refractivity contribution >= 4 is 5.91 Å². The minimum Gasteiger partial charge on any atom is -0.497 e. The molecule has 1 amide bonds. The number of carbonyl (C=O) groups excluding carboxylic acids is 1. The van der Waals surface area contributed by atoms with Crippen LogP contribution in [0.2, 0.25) is 0 Å². The van der Waals surface area contributed by atoms with Gasteiger partial charge in [0.2, 0.25) is 5.91 Å². The first-order chi connectivity index (χ1) is 8.65. The van der Waals surface area contributed by atoms with Gasteiger partial charge in [0.1, 0.15) is 5.75 Å². The number of methoxy groups -OCH3 is 1. The van der Waals surface area contributed by atoms with Gasteiger partial charge in [-0.1, -0.05) is 19.1 Å². The van der Waals surface area contributed by atoms with Crippen molar-refractivity contribution in [3.8, 4) is 5.75 Å². The lowest BCUT2D eigenvalue weighted by Crippen LogP contribution is -2.31. The first-order valence-corrected chi connectivity index (χ1v) is 6.57. The maximum Gasteiger partial charge on any atom is 0.226 e. The van der Waals surface area contributed by atoms with Gasteiger partial charge in [0.15, 0.2) is 0 Å². The predicted octanol–water partition coefficient (Wildman–Crippen LogP) is 2.70. The predicted molar refractivity (Wildman–Crippen MR) is 71.4 cm³/mol. The third kappa shape index (κ3) is 2.84. The minimum absolute atomic E-state index is 0.267. The van der Waals surface area contributed by atoms with E-state index in [4.69, 9.17) is 4.74 Å². The van der Waals surface area contributed by atoms with E-state index in [-0.39, 0.29) is 5.92 Å². The number of amides is 1. The van der Waals surface area contributed by atoms with Crippen LogP contribution >= 0.6 is 0 Å². The van der Waals surface area contributed by atoms with Crippen molar-refractivity contribution in [3.63, 3.8) is 0 Å². The molecule has 1 aromatic carbocycles. The molecule has 0 heterocycles. The number of rotatable bonds is 5. The number of nitrogens with zero attached hydrogens (tertiary/aromatic N) is 1. The zero-order chi connectivity index (χ0) is 13.1. The van der Waals surface area contributed by atoms with Crippen LogP contribution in [0, 0.1) is 11.8 Å². The highest BCUT2D eigenvalue weighted by atomic mass is 16.5. The molecule has 0 saturated heterocycles. The van der Waals surface area contributed by atoms with Crippen LogP contribution in [0.25, 0.3) is 0 Å². The topological polar surface area (TPSA) is 29.5 Å². The van der Waals surface area contributed by atoms with Crippen LogP contribution in [0.3, 0.4) is 0 Å². The van der Waals surface area contributed by atoms with Crippen LogP contribution in [-0.2, 0) is 11.3 Å². The first-order valence-electron chi connectivity index (χ1n) is 6.57. The van der Waals surface area contributed by atoms with Gasteiger partial charge in [-0.05, 0) is 37.0 Å². The van der Waals surface area contributed by atoms with Crippen molar-refractivity contribution in [2.75, 3.05) is 13.7 Å². The largest absolute Gasteiger partial charge is 0.497 e. The Balaban J connectivity index is 1.98. The van der Waals surface area contributed by atoms with E-state index in [1.54, 1.807) is 7.11 Å². The number of hydrogen-bond donors (Lipinski definition) is 0. The van der Waals surface area contributed by atoms with Gasteiger partial charge in [-0.2, -0.15) is 0 Å². The van der Waals surface area contributed by atoms with Crippen LogP contribution in [0.15, 0.2) is 24.3 Å². The maximum atomic E-state index is 12.2. The van der Waals surface area contributed by atoms with Gasteiger partial charge in [-0.15, -0.1) is 0 Å². The Morgan fingerprint density at radius 1 is 1.39 bits per heavy atom. The van der Waals surface area contributed by atoms with Crippen molar-refractivity contribution < 1.29 is 9.53 Å². The Morgan fingerprint density at radius 2 is 2.00 bits per heavy atom. The van der Waals surface area contributed by atoms with E-state index < -0.39 is 0 Å². The Bertz CT molecular complexity index is 413. The van der Waals surface area contributed by atoms with Gasteiger partial charge in [-0.3, -0.25) is 4.79 Å². The van der Waals surface area contributed by atoms with Gasteiger partial charge >= 0.3 is 0 Å². The molecule has 0 spiro atoms. The molecule has 3 nitrogen and oxygen atoms in total. The summed E-state index contributed by atoms with van der Waals surface area (Å²) in [6, 6.07) is 7.91. The molecule has 2 rings (SSSR count). The van der Waals surface area contributed by atoms with E-state index in [1.165, 1.54) is 0 Å². The van der Waals surface area contributed by atoms with Crippen molar-refractivity contribution in [2.45, 2.75) is 26.8 Å². The van der Waals surface area contributed by atoms with Crippen LogP contribution in [0.4, 0.5) is 0 Å². The summed E-state index contributed by atoms with van der Waals surface area (Å²) in [5, 5.41) is 0. The molecule has 0 radical (unpaired) electrons. The summed E-state index contributed by atoms with van der Waals surface area (Å²) in [5.74, 6) is 2.00. The highest BCUT2D eigenvalue weighted by Crippen LogP contribution is 2.39. The van der Waals surface area contributed by atoms with Crippen LogP contribution in [0.1, 0.15) is 25.8 Å². The number of hydrogen-bond acceptors (Lipinski definition) is 2. The summed E-state index contributed by atoms with van der Waals surface area (Å²) in [7, 11) is 1.66. The highest BCUT2D eigenvalue weighted by molar-refractivity contribution is 5.81. The lowest BCUT2D eigenvalue weighted by atomic mass is 10.2. The average molecular weight is 247 g/mol. The second-order valence-electron chi connectivity index (χ2n) is 5.02. The maximum absolute atomic E-state index is 12.2. The monoisotopic (exact) mass is 247 g/mol. The smallest absolute Gasteiger partial charge is 0.226 e. The molecule has 2 atom stereocenters. The van der Waals surface area contributed by atoms with E-state index in [0.717, 1.165) is 24.3 Å². The molecule has 3 heteroatoms. The van der Waals surface area contributed by atoms with Crippen LogP contribution in [-0.4, -0.2) is 24.5 Å². The van der Waals surface area contributed by atoms with E-state index in [2.05, 4.69) is 6.92 Å². The summed E-state index contributed by atoms with van der Waals surface area (Å²) in [6.07, 6.45) is 1.05. The van der Waals surface area contributed by atoms with Gasteiger partial charge in [0.25, 0.3) is 0 Å². The quantitative estimate of drug-likeness (QED) is 0.800. The van der Waals surface area contributed by atoms with E-state index >= 15 is 0 Å². The van der Waals surface area contributed by atoms with Crippen molar-refractivity contribution in [1.29, 1.82) is 0 Å². The zero-order valence-corrected chi connectivity index (χ0v) is 11.3. The van der Waals surface area contributed by atoms with E-state index in [0.29, 0.717) is 18.4 Å². The highest BCUT2D eigenvalue weighted by Gasteiger charge is 2.41. The molecule has 0 bridgehead atoms. The van der Waals surface area contributed by atoms with Crippen molar-refractivity contribution in [3.05, 3.63) is 29.8 Å². The molecule has 18 heavy (non-hydrogen) atoms. The fourth-order valence-corrected chi connectivity index (χ4v) is 2.20. The Morgan fingerprint density at radius 3 is 2.44 bits per heavy atom. The third-order valence-corrected chi connectivity index (χ3v) is 3.65. The summed E-state index contributed by atoms with van der Waals surface area (Å²) in [5.41, 5.74) is 1.15.